The quantitative estimate of drug-likeness (QED) is 0.189. The van der Waals surface area contributed by atoms with E-state index in [1.54, 1.807) is 18.2 Å². The van der Waals surface area contributed by atoms with Crippen molar-refractivity contribution in [2.24, 2.45) is 17.8 Å². The van der Waals surface area contributed by atoms with Gasteiger partial charge in [0.1, 0.15) is 30.5 Å². The number of amides is 2. The Morgan fingerprint density at radius 2 is 1.86 bits per heavy atom. The summed E-state index contributed by atoms with van der Waals surface area (Å²) in [6.07, 6.45) is 3.53. The van der Waals surface area contributed by atoms with Gasteiger partial charge in [0, 0.05) is 5.92 Å². The van der Waals surface area contributed by atoms with Gasteiger partial charge in [-0.3, -0.25) is 14.5 Å². The third-order valence-corrected chi connectivity index (χ3v) is 8.62. The van der Waals surface area contributed by atoms with Crippen LogP contribution in [0, 0.1) is 17.8 Å². The van der Waals surface area contributed by atoms with Gasteiger partial charge in [0.15, 0.2) is 0 Å². The van der Waals surface area contributed by atoms with Gasteiger partial charge in [-0.1, -0.05) is 35.9 Å². The molecule has 3 heterocycles. The minimum atomic E-state index is -1.71. The number of allylic oxidation sites excluding steroid dienone is 1. The zero-order valence-electron chi connectivity index (χ0n) is 23.9. The maximum atomic E-state index is 13.9. The number of anilines is 1. The molecular weight excluding hydrogens is 549 g/mol. The number of para-hydroxylation sites is 1. The Hall–Kier alpha value is -3.96. The van der Waals surface area contributed by atoms with Gasteiger partial charge in [-0.25, -0.2) is 0 Å². The van der Waals surface area contributed by atoms with Crippen molar-refractivity contribution in [3.8, 4) is 5.75 Å². The molecule has 2 saturated heterocycles. The third-order valence-electron chi connectivity index (χ3n) is 8.62. The SMILES string of the molecule is C/C(=C\c1ccc(CO)o1)CC[C@H]1OC[C@H]2C1=C(COc1ccccc1)C[C@H]1C(=O)N(c3cccc(B(O)O)c3)C(=O)[C@H]12. The van der Waals surface area contributed by atoms with Crippen LogP contribution in [0.15, 0.2) is 87.9 Å². The summed E-state index contributed by atoms with van der Waals surface area (Å²) < 4.78 is 18.1. The number of rotatable bonds is 10. The largest absolute Gasteiger partial charge is 0.489 e. The Balaban J connectivity index is 1.27. The molecule has 0 unspecified atom stereocenters. The minimum Gasteiger partial charge on any atom is -0.489 e. The Morgan fingerprint density at radius 3 is 2.60 bits per heavy atom. The number of aliphatic hydroxyl groups excluding tert-OH is 1. The summed E-state index contributed by atoms with van der Waals surface area (Å²) in [5.41, 5.74) is 3.66. The van der Waals surface area contributed by atoms with Gasteiger partial charge in [0.25, 0.3) is 0 Å². The number of benzene rings is 2. The van der Waals surface area contributed by atoms with Crippen molar-refractivity contribution in [1.29, 1.82) is 0 Å². The molecular formula is C33H34BNO8. The summed E-state index contributed by atoms with van der Waals surface area (Å²) in [4.78, 5) is 28.9. The van der Waals surface area contributed by atoms with E-state index in [0.29, 0.717) is 36.7 Å². The van der Waals surface area contributed by atoms with Crippen molar-refractivity contribution in [3.63, 3.8) is 0 Å². The number of hydrogen-bond acceptors (Lipinski definition) is 8. The molecule has 3 N–H and O–H groups in total. The van der Waals surface area contributed by atoms with E-state index in [9.17, 15) is 24.7 Å². The molecule has 0 radical (unpaired) electrons. The number of hydrogen-bond donors (Lipinski definition) is 3. The highest BCUT2D eigenvalue weighted by Crippen LogP contribution is 2.50. The lowest BCUT2D eigenvalue weighted by Crippen LogP contribution is -2.36. The summed E-state index contributed by atoms with van der Waals surface area (Å²) in [6, 6.07) is 19.3. The molecule has 2 amide bonds. The fourth-order valence-electron chi connectivity index (χ4n) is 6.60. The first kappa shape index (κ1) is 29.1. The smallest absolute Gasteiger partial charge is 0.488 e. The maximum absolute atomic E-state index is 13.9. The Labute approximate surface area is 250 Å². The van der Waals surface area contributed by atoms with Crippen LogP contribution in [0.5, 0.6) is 5.75 Å². The first-order valence-electron chi connectivity index (χ1n) is 14.6. The van der Waals surface area contributed by atoms with Crippen LogP contribution in [0.3, 0.4) is 0 Å². The zero-order chi connectivity index (χ0) is 30.1. The summed E-state index contributed by atoms with van der Waals surface area (Å²) >= 11 is 0. The molecule has 1 aliphatic carbocycles. The molecule has 2 aromatic carbocycles. The van der Waals surface area contributed by atoms with Gasteiger partial charge in [0.2, 0.25) is 11.8 Å². The Kier molecular flexibility index (Phi) is 8.36. The van der Waals surface area contributed by atoms with Crippen molar-refractivity contribution < 1.29 is 38.6 Å². The average molecular weight is 583 g/mol. The van der Waals surface area contributed by atoms with Crippen LogP contribution in [0.4, 0.5) is 5.69 Å². The number of ether oxygens (including phenoxy) is 2. The van der Waals surface area contributed by atoms with Gasteiger partial charge in [-0.2, -0.15) is 0 Å². The highest BCUT2D eigenvalue weighted by molar-refractivity contribution is 6.58. The van der Waals surface area contributed by atoms with Crippen molar-refractivity contribution in [3.05, 3.63) is 95.0 Å². The number of aliphatic hydroxyl groups is 1. The average Bonchev–Trinajstić information content (AvgIpc) is 3.71. The number of furan rings is 1. The summed E-state index contributed by atoms with van der Waals surface area (Å²) in [7, 11) is -1.71. The van der Waals surface area contributed by atoms with Crippen LogP contribution in [0.25, 0.3) is 6.08 Å². The highest BCUT2D eigenvalue weighted by Gasteiger charge is 2.57. The van der Waals surface area contributed by atoms with Gasteiger partial charge in [0.05, 0.1) is 30.2 Å². The number of nitrogens with zero attached hydrogens (tertiary/aromatic N) is 1. The van der Waals surface area contributed by atoms with E-state index in [-0.39, 0.29) is 42.5 Å². The summed E-state index contributed by atoms with van der Waals surface area (Å²) in [6.45, 7) is 2.49. The molecule has 222 valence electrons. The summed E-state index contributed by atoms with van der Waals surface area (Å²) in [5, 5.41) is 28.6. The van der Waals surface area contributed by atoms with Crippen molar-refractivity contribution in [2.75, 3.05) is 18.1 Å². The van der Waals surface area contributed by atoms with Crippen LogP contribution in [0.1, 0.15) is 37.7 Å². The molecule has 6 rings (SSSR count). The maximum Gasteiger partial charge on any atom is 0.488 e. The molecule has 0 saturated carbocycles. The minimum absolute atomic E-state index is 0.151. The molecule has 0 spiro atoms. The van der Waals surface area contributed by atoms with Crippen LogP contribution in [-0.2, 0) is 20.9 Å². The second kappa shape index (κ2) is 12.3. The summed E-state index contributed by atoms with van der Waals surface area (Å²) in [5.74, 6) is -0.0470. The molecule has 2 fully saturated rings. The highest BCUT2D eigenvalue weighted by atomic mass is 16.5. The van der Waals surface area contributed by atoms with E-state index < -0.39 is 19.0 Å². The Bertz CT molecular complexity index is 1560. The van der Waals surface area contributed by atoms with E-state index in [0.717, 1.165) is 28.9 Å². The van der Waals surface area contributed by atoms with Crippen molar-refractivity contribution >= 4 is 36.2 Å². The molecule has 9 nitrogen and oxygen atoms in total. The third kappa shape index (κ3) is 5.83. The first-order chi connectivity index (χ1) is 20.8. The van der Waals surface area contributed by atoms with E-state index in [1.807, 2.05) is 49.4 Å². The van der Waals surface area contributed by atoms with E-state index in [1.165, 1.54) is 17.0 Å². The van der Waals surface area contributed by atoms with Crippen molar-refractivity contribution in [1.82, 2.24) is 0 Å². The van der Waals surface area contributed by atoms with E-state index in [2.05, 4.69) is 0 Å². The van der Waals surface area contributed by atoms with E-state index >= 15 is 0 Å². The second-order valence-corrected chi connectivity index (χ2v) is 11.4. The second-order valence-electron chi connectivity index (χ2n) is 11.4. The lowest BCUT2D eigenvalue weighted by molar-refractivity contribution is -0.122. The molecule has 3 aromatic rings. The van der Waals surface area contributed by atoms with E-state index in [4.69, 9.17) is 13.9 Å². The number of carbonyl (C=O) groups is 2. The van der Waals surface area contributed by atoms with Crippen LogP contribution in [0.2, 0.25) is 0 Å². The molecule has 3 aliphatic rings. The predicted molar refractivity (Wildman–Crippen MR) is 160 cm³/mol. The standard InChI is InChI=1S/C33H34BNO8/c1-20(14-25-11-12-26(17-36)43-25)10-13-29-30-21(18-41-24-8-3-2-4-9-24)15-27-31(28(30)19-42-29)33(38)35(32(27)37)23-7-5-6-22(16-23)34(39)40/h2-9,11-12,14,16,27-29,31,36,39-40H,10,13,15,17-19H2,1H3/b20-14+/t27-,28+,29-,31-/m1/s1. The van der Waals surface area contributed by atoms with Gasteiger partial charge >= 0.3 is 7.12 Å². The van der Waals surface area contributed by atoms with Crippen LogP contribution >= 0.6 is 0 Å². The molecule has 2 aliphatic heterocycles. The monoisotopic (exact) mass is 583 g/mol. The predicted octanol–water partition coefficient (Wildman–Crippen LogP) is 3.24. The van der Waals surface area contributed by atoms with Gasteiger partial charge in [-0.05, 0) is 85.3 Å². The fraction of sp³-hybridized carbons (Fsp3) is 0.333. The molecule has 10 heteroatoms. The van der Waals surface area contributed by atoms with Crippen LogP contribution in [-0.4, -0.2) is 53.4 Å². The van der Waals surface area contributed by atoms with Gasteiger partial charge < -0.3 is 29.0 Å². The van der Waals surface area contributed by atoms with Gasteiger partial charge in [-0.15, -0.1) is 0 Å². The topological polar surface area (TPSA) is 130 Å². The Morgan fingerprint density at radius 1 is 1.05 bits per heavy atom. The number of imide groups is 1. The number of carbonyl (C=O) groups excluding carboxylic acids is 2. The van der Waals surface area contributed by atoms with Crippen molar-refractivity contribution in [2.45, 2.75) is 38.9 Å². The fourth-order valence-corrected chi connectivity index (χ4v) is 6.60. The normalized spacial score (nSPS) is 23.5. The number of fused-ring (bicyclic) bond motifs is 3. The molecule has 0 bridgehead atoms. The molecule has 43 heavy (non-hydrogen) atoms. The first-order valence-corrected chi connectivity index (χ1v) is 14.6. The molecule has 1 aromatic heterocycles. The zero-order valence-corrected chi connectivity index (χ0v) is 23.9. The lowest BCUT2D eigenvalue weighted by Gasteiger charge is -2.31. The van der Waals surface area contributed by atoms with Crippen LogP contribution < -0.4 is 15.1 Å². The molecule has 4 atom stereocenters. The lowest BCUT2D eigenvalue weighted by atomic mass is 9.69.